The Balaban J connectivity index is 2.07. The lowest BCUT2D eigenvalue weighted by atomic mass is 10.2. The molecule has 1 fully saturated rings. The van der Waals surface area contributed by atoms with Crippen molar-refractivity contribution < 1.29 is 4.74 Å². The van der Waals surface area contributed by atoms with Crippen LogP contribution in [-0.4, -0.2) is 41.1 Å². The second-order valence-electron chi connectivity index (χ2n) is 4.50. The molecule has 96 valence electrons. The lowest BCUT2D eigenvalue weighted by Crippen LogP contribution is -2.30. The summed E-state index contributed by atoms with van der Waals surface area (Å²) < 4.78 is 8.38. The minimum atomic E-state index is 0.334. The molecule has 1 aliphatic heterocycles. The van der Waals surface area contributed by atoms with Crippen LogP contribution in [0.5, 0.6) is 0 Å². The van der Waals surface area contributed by atoms with E-state index in [0.29, 0.717) is 10.9 Å². The largest absolute Gasteiger partial charge is 0.376 e. The van der Waals surface area contributed by atoms with Crippen LogP contribution in [0.1, 0.15) is 26.2 Å². The third-order valence-electron chi connectivity index (χ3n) is 3.03. The van der Waals surface area contributed by atoms with Crippen LogP contribution in [0.3, 0.4) is 0 Å². The van der Waals surface area contributed by atoms with Crippen molar-refractivity contribution in [2.75, 3.05) is 25.1 Å². The van der Waals surface area contributed by atoms with Gasteiger partial charge in [0.2, 0.25) is 5.95 Å². The van der Waals surface area contributed by atoms with Gasteiger partial charge in [-0.2, -0.15) is 0 Å². The molecule has 17 heavy (non-hydrogen) atoms. The molecule has 1 N–H and O–H groups in total. The molecular formula is C11H20N4OS. The van der Waals surface area contributed by atoms with E-state index in [0.717, 1.165) is 38.5 Å². The van der Waals surface area contributed by atoms with Crippen LogP contribution < -0.4 is 4.90 Å². The maximum atomic E-state index is 5.64. The third-order valence-corrected chi connectivity index (χ3v) is 3.34. The molecule has 0 aromatic carbocycles. The van der Waals surface area contributed by atoms with Crippen molar-refractivity contribution in [1.29, 1.82) is 0 Å². The molecular weight excluding hydrogens is 236 g/mol. The molecule has 1 aromatic rings. The van der Waals surface area contributed by atoms with Gasteiger partial charge in [-0.25, -0.2) is 5.10 Å². The first-order valence-electron chi connectivity index (χ1n) is 6.20. The van der Waals surface area contributed by atoms with Crippen LogP contribution in [0.2, 0.25) is 0 Å². The molecule has 1 aromatic heterocycles. The number of hydrogen-bond acceptors (Lipinski definition) is 4. The average Bonchev–Trinajstić information content (AvgIpc) is 2.91. The predicted octanol–water partition coefficient (Wildman–Crippen LogP) is 1.97. The van der Waals surface area contributed by atoms with E-state index >= 15 is 0 Å². The van der Waals surface area contributed by atoms with Gasteiger partial charge in [0.05, 0.1) is 6.10 Å². The van der Waals surface area contributed by atoms with Gasteiger partial charge in [-0.3, -0.25) is 4.57 Å². The van der Waals surface area contributed by atoms with E-state index < -0.39 is 0 Å². The van der Waals surface area contributed by atoms with E-state index in [1.54, 1.807) is 0 Å². The standard InChI is InChI=1S/C11H20N4OS/c1-3-6-15-10(12-13-11(15)17)14(2)8-9-5-4-7-16-9/h9H,3-8H2,1-2H3,(H,13,17). The molecule has 1 aliphatic rings. The molecule has 2 heterocycles. The van der Waals surface area contributed by atoms with Crippen molar-refractivity contribution in [2.24, 2.45) is 0 Å². The summed E-state index contributed by atoms with van der Waals surface area (Å²) in [5.41, 5.74) is 0. The predicted molar refractivity (Wildman–Crippen MR) is 69.9 cm³/mol. The normalized spacial score (nSPS) is 19.8. The smallest absolute Gasteiger partial charge is 0.225 e. The van der Waals surface area contributed by atoms with Gasteiger partial charge in [0, 0.05) is 26.7 Å². The highest BCUT2D eigenvalue weighted by molar-refractivity contribution is 7.71. The van der Waals surface area contributed by atoms with Gasteiger partial charge < -0.3 is 9.64 Å². The molecule has 0 saturated carbocycles. The summed E-state index contributed by atoms with van der Waals surface area (Å²) in [4.78, 5) is 2.12. The van der Waals surface area contributed by atoms with Crippen molar-refractivity contribution >= 4 is 18.2 Å². The minimum absolute atomic E-state index is 0.334. The minimum Gasteiger partial charge on any atom is -0.376 e. The monoisotopic (exact) mass is 256 g/mol. The topological polar surface area (TPSA) is 46.1 Å². The van der Waals surface area contributed by atoms with Crippen molar-refractivity contribution in [3.8, 4) is 0 Å². The molecule has 5 nitrogen and oxygen atoms in total. The highest BCUT2D eigenvalue weighted by Gasteiger charge is 2.20. The molecule has 2 rings (SSSR count). The van der Waals surface area contributed by atoms with Crippen molar-refractivity contribution in [3.63, 3.8) is 0 Å². The van der Waals surface area contributed by atoms with E-state index in [4.69, 9.17) is 17.0 Å². The number of anilines is 1. The second kappa shape index (κ2) is 5.64. The molecule has 1 atom stereocenters. The Hall–Kier alpha value is -0.880. The fourth-order valence-corrected chi connectivity index (χ4v) is 2.42. The Morgan fingerprint density at radius 1 is 1.65 bits per heavy atom. The van der Waals surface area contributed by atoms with Gasteiger partial charge in [-0.1, -0.05) is 6.92 Å². The quantitative estimate of drug-likeness (QED) is 0.818. The first kappa shape index (κ1) is 12.6. The number of nitrogens with zero attached hydrogens (tertiary/aromatic N) is 3. The number of likely N-dealkylation sites (N-methyl/N-ethyl adjacent to an activating group) is 1. The first-order valence-corrected chi connectivity index (χ1v) is 6.61. The first-order chi connectivity index (χ1) is 8.22. The van der Waals surface area contributed by atoms with Gasteiger partial charge in [0.1, 0.15) is 0 Å². The number of aromatic amines is 1. The Morgan fingerprint density at radius 3 is 3.12 bits per heavy atom. The fourth-order valence-electron chi connectivity index (χ4n) is 2.20. The molecule has 6 heteroatoms. The molecule has 0 amide bonds. The van der Waals surface area contributed by atoms with E-state index in [1.165, 1.54) is 6.42 Å². The summed E-state index contributed by atoms with van der Waals surface area (Å²) in [6.45, 7) is 4.81. The summed E-state index contributed by atoms with van der Waals surface area (Å²) in [5, 5.41) is 7.15. The van der Waals surface area contributed by atoms with Crippen molar-refractivity contribution in [2.45, 2.75) is 38.8 Å². The fraction of sp³-hybridized carbons (Fsp3) is 0.818. The SMILES string of the molecule is CCCn1c(N(C)CC2CCCO2)n[nH]c1=S. The van der Waals surface area contributed by atoms with Gasteiger partial charge in [-0.15, -0.1) is 5.10 Å². The molecule has 1 unspecified atom stereocenters. The highest BCUT2D eigenvalue weighted by atomic mass is 32.1. The number of ether oxygens (including phenoxy) is 1. The summed E-state index contributed by atoms with van der Waals surface area (Å²) in [5.74, 6) is 0.910. The Morgan fingerprint density at radius 2 is 2.47 bits per heavy atom. The molecule has 0 bridgehead atoms. The van der Waals surface area contributed by atoms with E-state index in [9.17, 15) is 0 Å². The summed E-state index contributed by atoms with van der Waals surface area (Å²) in [6.07, 6.45) is 3.69. The van der Waals surface area contributed by atoms with Crippen LogP contribution in [0.25, 0.3) is 0 Å². The molecule has 1 saturated heterocycles. The zero-order chi connectivity index (χ0) is 12.3. The Labute approximate surface area is 107 Å². The van der Waals surface area contributed by atoms with Crippen LogP contribution in [0.15, 0.2) is 0 Å². The van der Waals surface area contributed by atoms with Crippen molar-refractivity contribution in [3.05, 3.63) is 4.77 Å². The van der Waals surface area contributed by atoms with E-state index in [-0.39, 0.29) is 0 Å². The number of hydrogen-bond donors (Lipinski definition) is 1. The molecule has 0 aliphatic carbocycles. The number of H-pyrrole nitrogens is 1. The maximum absolute atomic E-state index is 5.64. The Bertz CT molecular complexity index is 408. The van der Waals surface area contributed by atoms with Crippen molar-refractivity contribution in [1.82, 2.24) is 14.8 Å². The van der Waals surface area contributed by atoms with E-state index in [1.807, 2.05) is 11.6 Å². The lowest BCUT2D eigenvalue weighted by Gasteiger charge is -2.21. The van der Waals surface area contributed by atoms with Gasteiger partial charge >= 0.3 is 0 Å². The lowest BCUT2D eigenvalue weighted by molar-refractivity contribution is 0.116. The van der Waals surface area contributed by atoms with E-state index in [2.05, 4.69) is 22.0 Å². The van der Waals surface area contributed by atoms with Crippen LogP contribution in [-0.2, 0) is 11.3 Å². The Kier molecular flexibility index (Phi) is 4.17. The summed E-state index contributed by atoms with van der Waals surface area (Å²) >= 11 is 5.23. The van der Waals surface area contributed by atoms with Gasteiger partial charge in [-0.05, 0) is 31.5 Å². The second-order valence-corrected chi connectivity index (χ2v) is 4.88. The zero-order valence-electron chi connectivity index (χ0n) is 10.5. The summed E-state index contributed by atoms with van der Waals surface area (Å²) in [7, 11) is 2.04. The molecule has 0 radical (unpaired) electrons. The molecule has 0 spiro atoms. The van der Waals surface area contributed by atoms with Gasteiger partial charge in [0.25, 0.3) is 0 Å². The number of aromatic nitrogens is 3. The van der Waals surface area contributed by atoms with Crippen LogP contribution in [0.4, 0.5) is 5.95 Å². The zero-order valence-corrected chi connectivity index (χ0v) is 11.3. The highest BCUT2D eigenvalue weighted by Crippen LogP contribution is 2.16. The van der Waals surface area contributed by atoms with Gasteiger partial charge in [0.15, 0.2) is 4.77 Å². The van der Waals surface area contributed by atoms with Crippen LogP contribution in [0, 0.1) is 4.77 Å². The average molecular weight is 256 g/mol. The summed E-state index contributed by atoms with van der Waals surface area (Å²) in [6, 6.07) is 0. The van der Waals surface area contributed by atoms with Crippen LogP contribution >= 0.6 is 12.2 Å². The number of rotatable bonds is 5. The maximum Gasteiger partial charge on any atom is 0.225 e. The number of nitrogens with one attached hydrogen (secondary N) is 1. The third kappa shape index (κ3) is 2.87.